The zero-order valence-corrected chi connectivity index (χ0v) is 13.4. The summed E-state index contributed by atoms with van der Waals surface area (Å²) in [6.07, 6.45) is 3.37. The van der Waals surface area contributed by atoms with E-state index in [4.69, 9.17) is 4.74 Å². The van der Waals surface area contributed by atoms with Crippen LogP contribution in [0.25, 0.3) is 0 Å². The Morgan fingerprint density at radius 1 is 1.45 bits per heavy atom. The second kappa shape index (κ2) is 8.15. The highest BCUT2D eigenvalue weighted by Gasteiger charge is 2.26. The number of methoxy groups -OCH3 is 1. The first-order chi connectivity index (χ1) is 10.6. The van der Waals surface area contributed by atoms with E-state index < -0.39 is 0 Å². The maximum Gasteiger partial charge on any atom is 0.225 e. The highest BCUT2D eigenvalue weighted by molar-refractivity contribution is 5.90. The van der Waals surface area contributed by atoms with Crippen LogP contribution in [0.1, 0.15) is 25.7 Å². The molecule has 0 bridgehead atoms. The molecule has 1 saturated carbocycles. The third-order valence-corrected chi connectivity index (χ3v) is 4.24. The lowest BCUT2D eigenvalue weighted by molar-refractivity contribution is -0.116. The van der Waals surface area contributed by atoms with Gasteiger partial charge in [0.25, 0.3) is 0 Å². The van der Waals surface area contributed by atoms with Crippen molar-refractivity contribution in [3.63, 3.8) is 0 Å². The van der Waals surface area contributed by atoms with Gasteiger partial charge in [-0.3, -0.25) is 4.79 Å². The van der Waals surface area contributed by atoms with Gasteiger partial charge in [-0.2, -0.15) is 0 Å². The number of anilines is 1. The minimum atomic E-state index is -0.173. The van der Waals surface area contributed by atoms with Crippen LogP contribution < -0.4 is 10.1 Å². The maximum atomic E-state index is 12.0. The number of amides is 1. The Kier molecular flexibility index (Phi) is 6.21. The fraction of sp³-hybridized carbons (Fsp3) is 0.588. The molecule has 1 fully saturated rings. The molecule has 5 heteroatoms. The summed E-state index contributed by atoms with van der Waals surface area (Å²) in [4.78, 5) is 14.1. The molecule has 0 aliphatic heterocycles. The van der Waals surface area contributed by atoms with Gasteiger partial charge in [0.15, 0.2) is 0 Å². The Labute approximate surface area is 132 Å². The van der Waals surface area contributed by atoms with Crippen LogP contribution in [0.5, 0.6) is 5.75 Å². The summed E-state index contributed by atoms with van der Waals surface area (Å²) in [5.74, 6) is 1.07. The summed E-state index contributed by atoms with van der Waals surface area (Å²) in [5, 5.41) is 12.7. The Morgan fingerprint density at radius 3 is 2.95 bits per heavy atom. The number of benzene rings is 1. The summed E-state index contributed by atoms with van der Waals surface area (Å²) in [7, 11) is 3.61. The van der Waals surface area contributed by atoms with Crippen LogP contribution >= 0.6 is 0 Å². The van der Waals surface area contributed by atoms with E-state index in [0.29, 0.717) is 18.9 Å². The van der Waals surface area contributed by atoms with E-state index in [-0.39, 0.29) is 12.0 Å². The van der Waals surface area contributed by atoms with Gasteiger partial charge in [-0.15, -0.1) is 0 Å². The molecule has 1 aliphatic carbocycles. The summed E-state index contributed by atoms with van der Waals surface area (Å²) in [6.45, 7) is 1.55. The van der Waals surface area contributed by atoms with Gasteiger partial charge in [0.05, 0.1) is 13.2 Å². The van der Waals surface area contributed by atoms with E-state index >= 15 is 0 Å². The minimum absolute atomic E-state index is 0.00734. The second-order valence-corrected chi connectivity index (χ2v) is 6.05. The lowest BCUT2D eigenvalue weighted by Gasteiger charge is -2.22. The highest BCUT2D eigenvalue weighted by Crippen LogP contribution is 2.26. The predicted octanol–water partition coefficient (Wildman–Crippen LogP) is 2.12. The van der Waals surface area contributed by atoms with Crippen LogP contribution in [0.15, 0.2) is 24.3 Å². The Morgan fingerprint density at radius 2 is 2.27 bits per heavy atom. The highest BCUT2D eigenvalue weighted by atomic mass is 16.5. The number of ether oxygens (including phenoxy) is 1. The molecular formula is C17H26N2O3. The largest absolute Gasteiger partial charge is 0.497 e. The summed E-state index contributed by atoms with van der Waals surface area (Å²) < 4.78 is 5.14. The number of nitrogens with one attached hydrogen (secondary N) is 1. The first-order valence-corrected chi connectivity index (χ1v) is 7.89. The van der Waals surface area contributed by atoms with Crippen LogP contribution in [0.3, 0.4) is 0 Å². The maximum absolute atomic E-state index is 12.0. The number of carbonyl (C=O) groups excluding carboxylic acids is 1. The summed E-state index contributed by atoms with van der Waals surface area (Å²) >= 11 is 0. The fourth-order valence-corrected chi connectivity index (χ4v) is 2.94. The topological polar surface area (TPSA) is 61.8 Å². The first-order valence-electron chi connectivity index (χ1n) is 7.89. The molecule has 1 aromatic carbocycles. The quantitative estimate of drug-likeness (QED) is 0.810. The zero-order valence-electron chi connectivity index (χ0n) is 13.4. The van der Waals surface area contributed by atoms with Crippen LogP contribution in [-0.4, -0.2) is 49.3 Å². The molecule has 122 valence electrons. The van der Waals surface area contributed by atoms with E-state index in [9.17, 15) is 9.90 Å². The number of rotatable bonds is 7. The molecule has 0 aromatic heterocycles. The normalized spacial score (nSPS) is 21.1. The van der Waals surface area contributed by atoms with Crippen LogP contribution in [0, 0.1) is 5.92 Å². The molecule has 2 rings (SSSR count). The molecule has 0 spiro atoms. The summed E-state index contributed by atoms with van der Waals surface area (Å²) in [6, 6.07) is 7.34. The monoisotopic (exact) mass is 306 g/mol. The van der Waals surface area contributed by atoms with E-state index in [1.54, 1.807) is 13.2 Å². The lowest BCUT2D eigenvalue weighted by Crippen LogP contribution is -2.32. The lowest BCUT2D eigenvalue weighted by atomic mass is 10.1. The molecule has 1 amide bonds. The van der Waals surface area contributed by atoms with Crippen molar-refractivity contribution >= 4 is 11.6 Å². The zero-order chi connectivity index (χ0) is 15.9. The van der Waals surface area contributed by atoms with E-state index in [1.165, 1.54) is 0 Å². The smallest absolute Gasteiger partial charge is 0.225 e. The molecule has 0 saturated heterocycles. The van der Waals surface area contributed by atoms with E-state index in [0.717, 1.165) is 37.2 Å². The van der Waals surface area contributed by atoms with Gasteiger partial charge < -0.3 is 20.1 Å². The SMILES string of the molecule is COc1cccc(NC(=O)CCN(C)CC2CCCC2O)c1. The fourth-order valence-electron chi connectivity index (χ4n) is 2.94. The van der Waals surface area contributed by atoms with Crippen molar-refractivity contribution in [2.45, 2.75) is 31.8 Å². The summed E-state index contributed by atoms with van der Waals surface area (Å²) in [5.41, 5.74) is 0.748. The van der Waals surface area contributed by atoms with Crippen molar-refractivity contribution < 1.29 is 14.6 Å². The molecule has 1 aromatic rings. The molecule has 0 radical (unpaired) electrons. The number of aliphatic hydroxyl groups is 1. The third kappa shape index (κ3) is 5.00. The molecule has 5 nitrogen and oxygen atoms in total. The molecule has 22 heavy (non-hydrogen) atoms. The predicted molar refractivity (Wildman–Crippen MR) is 87.1 cm³/mol. The number of nitrogens with zero attached hydrogens (tertiary/aromatic N) is 1. The van der Waals surface area contributed by atoms with Crippen molar-refractivity contribution in [3.8, 4) is 5.75 Å². The number of hydrogen-bond donors (Lipinski definition) is 2. The minimum Gasteiger partial charge on any atom is -0.497 e. The molecule has 2 unspecified atom stereocenters. The van der Waals surface area contributed by atoms with Gasteiger partial charge >= 0.3 is 0 Å². The molecule has 0 heterocycles. The van der Waals surface area contributed by atoms with E-state index in [1.807, 2.05) is 25.2 Å². The Bertz CT molecular complexity index is 493. The van der Waals surface area contributed by atoms with Gasteiger partial charge in [-0.05, 0) is 37.9 Å². The third-order valence-electron chi connectivity index (χ3n) is 4.24. The van der Waals surface area contributed by atoms with Crippen molar-refractivity contribution in [2.75, 3.05) is 32.6 Å². The van der Waals surface area contributed by atoms with Gasteiger partial charge in [0.2, 0.25) is 5.91 Å². The van der Waals surface area contributed by atoms with Crippen molar-refractivity contribution in [2.24, 2.45) is 5.92 Å². The Balaban J connectivity index is 1.72. The second-order valence-electron chi connectivity index (χ2n) is 6.05. The Hall–Kier alpha value is -1.59. The van der Waals surface area contributed by atoms with Gasteiger partial charge in [-0.25, -0.2) is 0 Å². The van der Waals surface area contributed by atoms with Gasteiger partial charge in [0.1, 0.15) is 5.75 Å². The average Bonchev–Trinajstić information content (AvgIpc) is 2.90. The number of hydrogen-bond acceptors (Lipinski definition) is 4. The van der Waals surface area contributed by atoms with Crippen LogP contribution in [-0.2, 0) is 4.79 Å². The molecule has 1 aliphatic rings. The average molecular weight is 306 g/mol. The van der Waals surface area contributed by atoms with Crippen LogP contribution in [0.2, 0.25) is 0 Å². The van der Waals surface area contributed by atoms with Crippen molar-refractivity contribution in [1.82, 2.24) is 4.90 Å². The van der Waals surface area contributed by atoms with Crippen LogP contribution in [0.4, 0.5) is 5.69 Å². The van der Waals surface area contributed by atoms with E-state index in [2.05, 4.69) is 10.2 Å². The number of carbonyl (C=O) groups is 1. The number of aliphatic hydroxyl groups excluding tert-OH is 1. The molecular weight excluding hydrogens is 280 g/mol. The van der Waals surface area contributed by atoms with Crippen molar-refractivity contribution in [1.29, 1.82) is 0 Å². The molecule has 2 N–H and O–H groups in total. The van der Waals surface area contributed by atoms with Gasteiger partial charge in [0, 0.05) is 31.3 Å². The van der Waals surface area contributed by atoms with Gasteiger partial charge in [-0.1, -0.05) is 12.5 Å². The van der Waals surface area contributed by atoms with Crippen molar-refractivity contribution in [3.05, 3.63) is 24.3 Å². The molecule has 2 atom stereocenters. The first kappa shape index (κ1) is 16.8. The standard InChI is InChI=1S/C17H26N2O3/c1-19(12-13-5-3-8-16(13)20)10-9-17(21)18-14-6-4-7-15(11-14)22-2/h4,6-7,11,13,16,20H,3,5,8-10,12H2,1-2H3,(H,18,21).